The van der Waals surface area contributed by atoms with Crippen LogP contribution in [0, 0.1) is 11.6 Å². The van der Waals surface area contributed by atoms with Gasteiger partial charge in [-0.25, -0.2) is 13.5 Å². The second-order valence-corrected chi connectivity index (χ2v) is 5.94. The molecule has 3 rings (SSSR count). The molecule has 0 spiro atoms. The van der Waals surface area contributed by atoms with Crippen LogP contribution in [0.25, 0.3) is 0 Å². The lowest BCUT2D eigenvalue weighted by molar-refractivity contribution is 0.0617. The molecule has 0 atom stereocenters. The number of nitrogens with zero attached hydrogens (tertiary/aromatic N) is 4. The van der Waals surface area contributed by atoms with Crippen molar-refractivity contribution in [1.29, 1.82) is 0 Å². The fourth-order valence-electron chi connectivity index (χ4n) is 2.86. The Hall–Kier alpha value is -2.32. The van der Waals surface area contributed by atoms with Gasteiger partial charge in [0.1, 0.15) is 12.4 Å². The molecule has 6 nitrogen and oxygen atoms in total. The molecule has 0 saturated carbocycles. The molecule has 0 aliphatic carbocycles. The average molecular weight is 350 g/mol. The largest absolute Gasteiger partial charge is 0.362 e. The Bertz CT molecular complexity index is 742. The first-order valence-electron chi connectivity index (χ1n) is 8.05. The normalized spacial score (nSPS) is 15.6. The summed E-state index contributed by atoms with van der Waals surface area (Å²) in [6, 6.07) is 5.86. The van der Waals surface area contributed by atoms with Gasteiger partial charge in [-0.05, 0) is 12.1 Å². The number of methoxy groups -OCH3 is 1. The van der Waals surface area contributed by atoms with E-state index in [-0.39, 0.29) is 5.91 Å². The second-order valence-electron chi connectivity index (χ2n) is 5.94. The molecule has 0 unspecified atom stereocenters. The highest BCUT2D eigenvalue weighted by Crippen LogP contribution is 2.15. The molecule has 0 radical (unpaired) electrons. The molecule has 1 aromatic heterocycles. The molecule has 134 valence electrons. The van der Waals surface area contributed by atoms with Crippen molar-refractivity contribution in [3.63, 3.8) is 0 Å². The molecule has 1 aliphatic heterocycles. The molecular weight excluding hydrogens is 330 g/mol. The maximum absolute atomic E-state index is 13.8. The predicted octanol–water partition coefficient (Wildman–Crippen LogP) is 1.72. The summed E-state index contributed by atoms with van der Waals surface area (Å²) in [4.78, 5) is 16.2. The Morgan fingerprint density at radius 3 is 2.68 bits per heavy atom. The standard InChI is InChI=1S/C17H20F2N4O2/c1-25-12-23-6-5-15(20-23)17(24)22-9-7-21(8-10-22)11-13-3-2-4-14(18)16(13)19/h2-6H,7-12H2,1H3. The number of halogens is 2. The molecule has 2 heterocycles. The van der Waals surface area contributed by atoms with Crippen molar-refractivity contribution >= 4 is 5.91 Å². The molecule has 0 N–H and O–H groups in total. The molecule has 1 fully saturated rings. The zero-order valence-corrected chi connectivity index (χ0v) is 14.0. The number of carbonyl (C=O) groups is 1. The van der Waals surface area contributed by atoms with Crippen LogP contribution in [0.2, 0.25) is 0 Å². The van der Waals surface area contributed by atoms with Gasteiger partial charge in [0.05, 0.1) is 0 Å². The van der Waals surface area contributed by atoms with E-state index in [9.17, 15) is 13.6 Å². The lowest BCUT2D eigenvalue weighted by Gasteiger charge is -2.34. The van der Waals surface area contributed by atoms with Gasteiger partial charge in [0.15, 0.2) is 11.6 Å². The fraction of sp³-hybridized carbons (Fsp3) is 0.412. The number of rotatable bonds is 5. The van der Waals surface area contributed by atoms with Crippen LogP contribution >= 0.6 is 0 Å². The first-order valence-corrected chi connectivity index (χ1v) is 8.05. The van der Waals surface area contributed by atoms with E-state index in [4.69, 9.17) is 4.74 Å². The van der Waals surface area contributed by atoms with Crippen molar-refractivity contribution in [1.82, 2.24) is 19.6 Å². The van der Waals surface area contributed by atoms with Gasteiger partial charge in [-0.15, -0.1) is 0 Å². The number of hydrogen-bond donors (Lipinski definition) is 0. The van der Waals surface area contributed by atoms with Gasteiger partial charge in [0.2, 0.25) is 0 Å². The van der Waals surface area contributed by atoms with Gasteiger partial charge in [0.25, 0.3) is 5.91 Å². The van der Waals surface area contributed by atoms with Gasteiger partial charge in [0, 0.05) is 51.6 Å². The molecule has 0 bridgehead atoms. The minimum absolute atomic E-state index is 0.133. The summed E-state index contributed by atoms with van der Waals surface area (Å²) in [5.41, 5.74) is 0.708. The van der Waals surface area contributed by atoms with Crippen LogP contribution in [-0.2, 0) is 18.0 Å². The summed E-state index contributed by atoms with van der Waals surface area (Å²) in [6.45, 7) is 2.86. The summed E-state index contributed by atoms with van der Waals surface area (Å²) < 4.78 is 33.6. The smallest absolute Gasteiger partial charge is 0.274 e. The molecule has 1 saturated heterocycles. The van der Waals surface area contributed by atoms with Crippen LogP contribution in [-0.4, -0.2) is 58.8 Å². The molecule has 25 heavy (non-hydrogen) atoms. The predicted molar refractivity (Wildman–Crippen MR) is 86.8 cm³/mol. The van der Waals surface area contributed by atoms with Crippen molar-refractivity contribution < 1.29 is 18.3 Å². The zero-order chi connectivity index (χ0) is 17.8. The summed E-state index contributed by atoms with van der Waals surface area (Å²) >= 11 is 0. The Balaban J connectivity index is 1.56. The first-order chi connectivity index (χ1) is 12.1. The third-order valence-corrected chi connectivity index (χ3v) is 4.21. The SMILES string of the molecule is COCn1ccc(C(=O)N2CCN(Cc3cccc(F)c3F)CC2)n1. The van der Waals surface area contributed by atoms with Gasteiger partial charge >= 0.3 is 0 Å². The van der Waals surface area contributed by atoms with Gasteiger partial charge < -0.3 is 9.64 Å². The number of amides is 1. The minimum atomic E-state index is -0.835. The maximum atomic E-state index is 13.8. The van der Waals surface area contributed by atoms with Crippen LogP contribution in [0.15, 0.2) is 30.5 Å². The van der Waals surface area contributed by atoms with Crippen LogP contribution in [0.1, 0.15) is 16.1 Å². The molecular formula is C17H20F2N4O2. The lowest BCUT2D eigenvalue weighted by Crippen LogP contribution is -2.48. The van der Waals surface area contributed by atoms with E-state index < -0.39 is 11.6 Å². The van der Waals surface area contributed by atoms with Gasteiger partial charge in [-0.3, -0.25) is 9.69 Å². The van der Waals surface area contributed by atoms with E-state index in [1.165, 1.54) is 6.07 Å². The molecule has 2 aromatic rings. The van der Waals surface area contributed by atoms with Crippen molar-refractivity contribution in [2.24, 2.45) is 0 Å². The highest BCUT2D eigenvalue weighted by Gasteiger charge is 2.24. The Morgan fingerprint density at radius 2 is 1.96 bits per heavy atom. The number of carbonyl (C=O) groups excluding carboxylic acids is 1. The van der Waals surface area contributed by atoms with Crippen LogP contribution < -0.4 is 0 Å². The Kier molecular flexibility index (Phi) is 5.40. The Labute approximate surface area is 144 Å². The summed E-state index contributed by atoms with van der Waals surface area (Å²) in [5, 5.41) is 4.18. The van der Waals surface area contributed by atoms with E-state index in [1.807, 2.05) is 4.90 Å². The number of hydrogen-bond acceptors (Lipinski definition) is 4. The number of aromatic nitrogens is 2. The summed E-state index contributed by atoms with van der Waals surface area (Å²) in [7, 11) is 1.56. The molecule has 1 amide bonds. The highest BCUT2D eigenvalue weighted by atomic mass is 19.2. The summed E-state index contributed by atoms with van der Waals surface area (Å²) in [5.74, 6) is -1.77. The van der Waals surface area contributed by atoms with Crippen LogP contribution in [0.3, 0.4) is 0 Å². The highest BCUT2D eigenvalue weighted by molar-refractivity contribution is 5.92. The lowest BCUT2D eigenvalue weighted by atomic mass is 10.1. The second kappa shape index (κ2) is 7.71. The molecule has 1 aliphatic rings. The van der Waals surface area contributed by atoms with E-state index >= 15 is 0 Å². The maximum Gasteiger partial charge on any atom is 0.274 e. The number of piperazine rings is 1. The molecule has 1 aromatic carbocycles. The number of ether oxygens (including phenoxy) is 1. The van der Waals surface area contributed by atoms with Gasteiger partial charge in [-0.1, -0.05) is 12.1 Å². The quantitative estimate of drug-likeness (QED) is 0.824. The topological polar surface area (TPSA) is 50.6 Å². The monoisotopic (exact) mass is 350 g/mol. The van der Waals surface area contributed by atoms with Gasteiger partial charge in [-0.2, -0.15) is 5.10 Å². The van der Waals surface area contributed by atoms with E-state index in [1.54, 1.807) is 35.0 Å². The van der Waals surface area contributed by atoms with Crippen molar-refractivity contribution in [3.05, 3.63) is 53.4 Å². The molecule has 8 heteroatoms. The first kappa shape index (κ1) is 17.5. The van der Waals surface area contributed by atoms with E-state index in [0.29, 0.717) is 50.7 Å². The van der Waals surface area contributed by atoms with Crippen LogP contribution in [0.5, 0.6) is 0 Å². The third-order valence-electron chi connectivity index (χ3n) is 4.21. The zero-order valence-electron chi connectivity index (χ0n) is 14.0. The van der Waals surface area contributed by atoms with Crippen molar-refractivity contribution in [3.8, 4) is 0 Å². The summed E-state index contributed by atoms with van der Waals surface area (Å²) in [6.07, 6.45) is 1.69. The van der Waals surface area contributed by atoms with E-state index in [2.05, 4.69) is 5.10 Å². The Morgan fingerprint density at radius 1 is 1.20 bits per heavy atom. The fourth-order valence-corrected chi connectivity index (χ4v) is 2.86. The average Bonchev–Trinajstić information content (AvgIpc) is 3.08. The van der Waals surface area contributed by atoms with Crippen LogP contribution in [0.4, 0.5) is 8.78 Å². The van der Waals surface area contributed by atoms with Crippen molar-refractivity contribution in [2.75, 3.05) is 33.3 Å². The third kappa shape index (κ3) is 4.02. The number of benzene rings is 1. The van der Waals surface area contributed by atoms with E-state index in [0.717, 1.165) is 6.07 Å². The minimum Gasteiger partial charge on any atom is -0.362 e. The van der Waals surface area contributed by atoms with Crippen molar-refractivity contribution in [2.45, 2.75) is 13.3 Å².